The van der Waals surface area contributed by atoms with Crippen molar-refractivity contribution in [3.8, 4) is 137 Å². The number of terminal acetylenes is 2. The van der Waals surface area contributed by atoms with Gasteiger partial charge >= 0.3 is 5.69 Å². The largest absolute Gasteiger partial charge is 0.497 e. The third-order valence-corrected chi connectivity index (χ3v) is 8.36. The number of fused-ring (bicyclic) bond motifs is 3. The molecule has 1 aromatic carbocycles. The van der Waals surface area contributed by atoms with E-state index in [4.69, 9.17) is 33.1 Å². The van der Waals surface area contributed by atoms with Crippen molar-refractivity contribution in [2.24, 2.45) is 15.7 Å². The van der Waals surface area contributed by atoms with Crippen LogP contribution in [-0.2, 0) is 27.1 Å². The van der Waals surface area contributed by atoms with Gasteiger partial charge in [0.1, 0.15) is 16.9 Å². The van der Waals surface area contributed by atoms with Gasteiger partial charge in [-0.2, -0.15) is 19.4 Å². The Kier molecular flexibility index (Phi) is 21.8. The van der Waals surface area contributed by atoms with Crippen molar-refractivity contribution in [3.05, 3.63) is 57.6 Å². The molecule has 0 radical (unpaired) electrons. The number of ether oxygens (including phenoxy) is 2. The van der Waals surface area contributed by atoms with Crippen molar-refractivity contribution >= 4 is 40.1 Å². The summed E-state index contributed by atoms with van der Waals surface area (Å²) in [6.45, 7) is 7.24. The number of thiophene rings is 1. The van der Waals surface area contributed by atoms with Crippen LogP contribution in [0.5, 0.6) is 5.75 Å². The van der Waals surface area contributed by atoms with Crippen molar-refractivity contribution < 1.29 is 39.7 Å². The molecule has 0 spiro atoms. The normalized spacial score (nSPS) is 12.8. The molecule has 1 aliphatic heterocycles. The topological polar surface area (TPSA) is 177 Å². The highest BCUT2D eigenvalue weighted by atomic mass is 32.1. The van der Waals surface area contributed by atoms with Crippen LogP contribution in [0, 0.1) is 137 Å². The fourth-order valence-corrected chi connectivity index (χ4v) is 6.19. The lowest BCUT2D eigenvalue weighted by Crippen LogP contribution is -2.44. The average Bonchev–Trinajstić information content (AvgIpc) is 3.93. The van der Waals surface area contributed by atoms with E-state index < -0.39 is 0 Å². The number of hydrogen-bond donors (Lipinski definition) is 3. The van der Waals surface area contributed by atoms with Gasteiger partial charge in [0.2, 0.25) is 0 Å². The number of hydrogen-bond acceptors (Lipinski definition) is 13. The molecular weight excluding hydrogens is 829 g/mol. The first-order chi connectivity index (χ1) is 30.3. The zero-order valence-corrected chi connectivity index (χ0v) is 34.7. The molecule has 1 saturated heterocycles. The van der Waals surface area contributed by atoms with Gasteiger partial charge in [-0.05, 0) is 148 Å². The minimum atomic E-state index is -0.183. The molecular formula is C44H52N10O6S2. The van der Waals surface area contributed by atoms with Gasteiger partial charge in [-0.15, -0.1) is 24.2 Å². The van der Waals surface area contributed by atoms with E-state index in [1.807, 2.05) is 24.3 Å². The van der Waals surface area contributed by atoms with Crippen molar-refractivity contribution in [1.29, 1.82) is 5.53 Å². The Balaban J connectivity index is -0.000000125. The van der Waals surface area contributed by atoms with Gasteiger partial charge in [0.25, 0.3) is 0 Å². The summed E-state index contributed by atoms with van der Waals surface area (Å²) >= 11 is 4.74. The Morgan fingerprint density at radius 3 is 1.87 bits per heavy atom. The molecule has 5 rings (SSSR count). The average molecular weight is 881 g/mol. The first-order valence-corrected chi connectivity index (χ1v) is 18.5. The van der Waals surface area contributed by atoms with E-state index in [1.54, 1.807) is 23.0 Å². The SMILES string of the molecule is C#CC#CC#CC#CC#CC#CC#CC#CC#CC#CC#C.COc1ccc(Cn2c(=O)n3ncnc3c3c(CN4C[C@@H](C)O[C@@H](C)C4)csc32)cc1.N=N/N=N/N(OO)OS.[HH].[HH].[HH].[HH].[HH].[HH].[HH].[HH].[HH].[HH].[HH]. The summed E-state index contributed by atoms with van der Waals surface area (Å²) < 4.78 is 18.2. The summed E-state index contributed by atoms with van der Waals surface area (Å²) in [6.07, 6.45) is 11.7. The maximum absolute atomic E-state index is 13.2. The van der Waals surface area contributed by atoms with Crippen molar-refractivity contribution in [1.82, 2.24) is 29.4 Å². The molecule has 0 aliphatic carbocycles. The molecule has 326 valence electrons. The second-order valence-electron chi connectivity index (χ2n) is 11.3. The maximum atomic E-state index is 13.2. The minimum absolute atomic E-state index is 0. The summed E-state index contributed by atoms with van der Waals surface area (Å²) in [4.78, 5) is 24.3. The van der Waals surface area contributed by atoms with Gasteiger partial charge in [0.15, 0.2) is 5.65 Å². The van der Waals surface area contributed by atoms with Gasteiger partial charge in [-0.25, -0.2) is 15.0 Å². The molecule has 4 heterocycles. The smallest absolute Gasteiger partial charge is 0.352 e. The van der Waals surface area contributed by atoms with Crippen molar-refractivity contribution in [3.63, 3.8) is 0 Å². The number of thiol groups is 1. The predicted molar refractivity (Wildman–Crippen MR) is 257 cm³/mol. The second kappa shape index (κ2) is 28.1. The van der Waals surface area contributed by atoms with Crippen LogP contribution in [0.25, 0.3) is 15.9 Å². The molecule has 0 unspecified atom stereocenters. The zero-order valence-electron chi connectivity index (χ0n) is 33.0. The number of nitrogens with zero attached hydrogens (tertiary/aromatic N) is 9. The molecule has 2 N–H and O–H groups in total. The highest BCUT2D eigenvalue weighted by Crippen LogP contribution is 2.30. The molecule has 3 aromatic heterocycles. The van der Waals surface area contributed by atoms with Crippen LogP contribution < -0.4 is 10.4 Å². The van der Waals surface area contributed by atoms with E-state index in [1.165, 1.54) is 16.4 Å². The fourth-order valence-electron chi connectivity index (χ4n) is 5.07. The summed E-state index contributed by atoms with van der Waals surface area (Å²) in [7, 11) is 1.64. The molecule has 0 bridgehead atoms. The summed E-state index contributed by atoms with van der Waals surface area (Å²) in [5.74, 6) is 49.0. The second-order valence-corrected chi connectivity index (χ2v) is 12.3. The van der Waals surface area contributed by atoms with Crippen LogP contribution in [0.15, 0.2) is 56.4 Å². The lowest BCUT2D eigenvalue weighted by Gasteiger charge is -2.35. The van der Waals surface area contributed by atoms with E-state index in [0.29, 0.717) is 12.2 Å². The van der Waals surface area contributed by atoms with E-state index in [2.05, 4.69) is 190 Å². The number of benzene rings is 1. The van der Waals surface area contributed by atoms with Crippen LogP contribution >= 0.6 is 24.2 Å². The first-order valence-electron chi connectivity index (χ1n) is 17.2. The minimum Gasteiger partial charge on any atom is -0.497 e. The van der Waals surface area contributed by atoms with Gasteiger partial charge in [0, 0.05) is 82.5 Å². The Labute approximate surface area is 383 Å². The quantitative estimate of drug-likeness (QED) is 0.0418. The fraction of sp³-hybridized carbons (Fsp3) is 0.205. The highest BCUT2D eigenvalue weighted by Gasteiger charge is 2.25. The third kappa shape index (κ3) is 16.5. The molecule has 18 heteroatoms. The third-order valence-electron chi connectivity index (χ3n) is 7.17. The van der Waals surface area contributed by atoms with Crippen LogP contribution in [0.2, 0.25) is 0 Å². The zero-order chi connectivity index (χ0) is 44.8. The molecule has 62 heavy (non-hydrogen) atoms. The molecule has 1 fully saturated rings. The molecule has 2 atom stereocenters. The van der Waals surface area contributed by atoms with Crippen LogP contribution in [0.3, 0.4) is 0 Å². The Bertz CT molecular complexity index is 2940. The standard InChI is InChI=1S/C22H25N5O3S.C22H2.H3N5O3S.11H2/c1-14-8-25(9-15(2)30-14)11-17-12-31-21-19(17)20-23-13-24-27(20)22(28)26(21)10-16-4-6-18(29-3)7-5-16;1-3-5-7-9-11-13-15-17-19-21-22-20-18-16-14-12-10-8-6-4-2;1-2-3-4-5(7-6)8-9;;;;;;;;;;;/h4-7,12-15H,8-11H2,1-3H3;1-2H;1,6,9H;11*1H/b;;2-1?,4-3+;;;;;;;;;;;/t14-,15+;;;;;;;;;;;;;. The molecule has 1 aliphatic rings. The lowest BCUT2D eigenvalue weighted by molar-refractivity contribution is -0.478. The van der Waals surface area contributed by atoms with E-state index >= 15 is 0 Å². The summed E-state index contributed by atoms with van der Waals surface area (Å²) in [5.41, 5.74) is 8.70. The number of morpholine rings is 1. The van der Waals surface area contributed by atoms with E-state index in [-0.39, 0.29) is 38.9 Å². The first kappa shape index (κ1) is 48.0. The molecule has 16 nitrogen and oxygen atoms in total. The Morgan fingerprint density at radius 1 is 0.903 bits per heavy atom. The molecule has 4 aromatic rings. The van der Waals surface area contributed by atoms with Gasteiger partial charge in [-0.3, -0.25) is 9.47 Å². The molecule has 0 saturated carbocycles. The monoisotopic (exact) mass is 880 g/mol. The van der Waals surface area contributed by atoms with Crippen LogP contribution in [0.4, 0.5) is 0 Å². The Morgan fingerprint density at radius 2 is 1.42 bits per heavy atom. The highest BCUT2D eigenvalue weighted by molar-refractivity contribution is 7.75. The van der Waals surface area contributed by atoms with Gasteiger partial charge in [0.05, 0.1) is 31.2 Å². The van der Waals surface area contributed by atoms with Crippen LogP contribution in [-0.4, -0.2) is 67.1 Å². The number of methoxy groups -OCH3 is 1. The van der Waals surface area contributed by atoms with Gasteiger partial charge in [-0.1, -0.05) is 17.1 Å². The maximum Gasteiger partial charge on any atom is 0.352 e. The summed E-state index contributed by atoms with van der Waals surface area (Å²) in [6, 6.07) is 7.78. The Hall–Kier alpha value is -8.36. The predicted octanol–water partition coefficient (Wildman–Crippen LogP) is 6.54. The lowest BCUT2D eigenvalue weighted by atomic mass is 10.1. The summed E-state index contributed by atoms with van der Waals surface area (Å²) in [5, 5.41) is 23.2. The van der Waals surface area contributed by atoms with E-state index in [0.717, 1.165) is 41.2 Å². The van der Waals surface area contributed by atoms with Crippen LogP contribution in [0.1, 0.15) is 40.7 Å². The number of aromatic nitrogens is 4. The van der Waals surface area contributed by atoms with Gasteiger partial charge < -0.3 is 9.47 Å². The number of rotatable bonds is 9. The molecule has 0 amide bonds. The van der Waals surface area contributed by atoms with Crippen molar-refractivity contribution in [2.75, 3.05) is 20.2 Å². The number of nitrogens with one attached hydrogen (secondary N) is 1. The van der Waals surface area contributed by atoms with E-state index in [9.17, 15) is 4.79 Å². The van der Waals surface area contributed by atoms with Crippen molar-refractivity contribution in [2.45, 2.75) is 39.1 Å².